The molecule has 0 aliphatic heterocycles. The number of hydrogen-bond acceptors (Lipinski definition) is 2. The molecule has 0 aromatic carbocycles. The maximum Gasteiger partial charge on any atom is 0.220 e. The molecule has 19 heavy (non-hydrogen) atoms. The zero-order valence-corrected chi connectivity index (χ0v) is 12.0. The van der Waals surface area contributed by atoms with E-state index < -0.39 is 0 Å². The summed E-state index contributed by atoms with van der Waals surface area (Å²) in [5, 5.41) is 4.65. The summed E-state index contributed by atoms with van der Waals surface area (Å²) in [4.78, 5) is 14.0. The normalized spacial score (nSPS) is 18.8. The second-order valence-corrected chi connectivity index (χ2v) is 5.93. The number of carbonyl (C=O) groups excluding carboxylic acids is 1. The minimum Gasteiger partial charge on any atom is -0.334 e. The molecule has 104 valence electrons. The lowest BCUT2D eigenvalue weighted by molar-refractivity contribution is -0.131. The number of amides is 1. The topological polar surface area (TPSA) is 38.1 Å². The third-order valence-electron chi connectivity index (χ3n) is 4.69. The van der Waals surface area contributed by atoms with Gasteiger partial charge in [0.1, 0.15) is 0 Å². The number of hydrogen-bond donors (Lipinski definition) is 0. The summed E-state index contributed by atoms with van der Waals surface area (Å²) in [6.45, 7) is 2.41. The van der Waals surface area contributed by atoms with Crippen molar-refractivity contribution >= 4 is 5.91 Å². The highest BCUT2D eigenvalue weighted by molar-refractivity contribution is 5.73. The van der Waals surface area contributed by atoms with E-state index in [1.165, 1.54) is 30.5 Å². The molecule has 0 spiro atoms. The number of fused-ring (bicyclic) bond motifs is 1. The van der Waals surface area contributed by atoms with Crippen LogP contribution in [0.2, 0.25) is 0 Å². The molecular formula is C15H23N3O. The van der Waals surface area contributed by atoms with Crippen LogP contribution in [0.25, 0.3) is 0 Å². The summed E-state index contributed by atoms with van der Waals surface area (Å²) in [5.41, 5.74) is 3.92. The molecule has 1 fully saturated rings. The van der Waals surface area contributed by atoms with Crippen LogP contribution in [0.1, 0.15) is 56.0 Å². The van der Waals surface area contributed by atoms with E-state index in [0.717, 1.165) is 31.4 Å². The molecule has 4 nitrogen and oxygen atoms in total. The summed E-state index contributed by atoms with van der Waals surface area (Å²) in [7, 11) is 2.03. The van der Waals surface area contributed by atoms with Crippen molar-refractivity contribution in [2.75, 3.05) is 0 Å². The van der Waals surface area contributed by atoms with Crippen LogP contribution in [0.3, 0.4) is 0 Å². The van der Waals surface area contributed by atoms with Gasteiger partial charge in [0.05, 0.1) is 12.2 Å². The quantitative estimate of drug-likeness (QED) is 0.836. The third-order valence-corrected chi connectivity index (χ3v) is 4.69. The Labute approximate surface area is 114 Å². The molecule has 1 aromatic rings. The molecular weight excluding hydrogens is 238 g/mol. The molecule has 1 saturated carbocycles. The molecule has 0 unspecified atom stereocenters. The van der Waals surface area contributed by atoms with Gasteiger partial charge in [-0.05, 0) is 37.7 Å². The molecule has 3 rings (SSSR count). The van der Waals surface area contributed by atoms with Crippen LogP contribution in [0.4, 0.5) is 0 Å². The van der Waals surface area contributed by atoms with Gasteiger partial charge < -0.3 is 4.90 Å². The fourth-order valence-corrected chi connectivity index (χ4v) is 3.70. The van der Waals surface area contributed by atoms with Crippen LogP contribution in [-0.2, 0) is 31.2 Å². The van der Waals surface area contributed by atoms with Crippen LogP contribution in [0.15, 0.2) is 0 Å². The Hall–Kier alpha value is -1.32. The van der Waals surface area contributed by atoms with Crippen molar-refractivity contribution in [2.24, 2.45) is 7.05 Å². The van der Waals surface area contributed by atoms with Gasteiger partial charge >= 0.3 is 0 Å². The van der Waals surface area contributed by atoms with Gasteiger partial charge in [-0.2, -0.15) is 5.10 Å². The van der Waals surface area contributed by atoms with Crippen molar-refractivity contribution in [3.8, 4) is 0 Å². The van der Waals surface area contributed by atoms with Crippen molar-refractivity contribution in [2.45, 2.75) is 64.5 Å². The van der Waals surface area contributed by atoms with E-state index in [9.17, 15) is 4.79 Å². The van der Waals surface area contributed by atoms with E-state index in [2.05, 4.69) is 5.10 Å². The smallest absolute Gasteiger partial charge is 0.220 e. The minimum absolute atomic E-state index is 0.198. The van der Waals surface area contributed by atoms with Gasteiger partial charge in [-0.1, -0.05) is 12.8 Å². The molecule has 0 N–H and O–H groups in total. The molecule has 0 bridgehead atoms. The van der Waals surface area contributed by atoms with Gasteiger partial charge in [0.25, 0.3) is 0 Å². The first-order chi connectivity index (χ1) is 9.16. The number of aryl methyl sites for hydroxylation is 1. The van der Waals surface area contributed by atoms with Gasteiger partial charge in [0, 0.05) is 25.7 Å². The number of nitrogens with zero attached hydrogens (tertiary/aromatic N) is 3. The van der Waals surface area contributed by atoms with Gasteiger partial charge in [0.15, 0.2) is 0 Å². The Morgan fingerprint density at radius 3 is 2.74 bits per heavy atom. The van der Waals surface area contributed by atoms with Crippen LogP contribution < -0.4 is 0 Å². The largest absolute Gasteiger partial charge is 0.334 e. The lowest BCUT2D eigenvalue weighted by Crippen LogP contribution is -2.37. The summed E-state index contributed by atoms with van der Waals surface area (Å²) in [6.07, 6.45) is 8.35. The molecule has 2 aliphatic carbocycles. The molecule has 1 heterocycles. The van der Waals surface area contributed by atoms with Crippen molar-refractivity contribution in [1.82, 2.24) is 14.7 Å². The highest BCUT2D eigenvalue weighted by Gasteiger charge is 2.28. The maximum absolute atomic E-state index is 11.9. The number of carbonyl (C=O) groups is 1. The Kier molecular flexibility index (Phi) is 3.33. The predicted octanol–water partition coefficient (Wildman–Crippen LogP) is 2.20. The molecule has 0 radical (unpaired) electrons. The van der Waals surface area contributed by atoms with Gasteiger partial charge in [-0.15, -0.1) is 0 Å². The second-order valence-electron chi connectivity index (χ2n) is 5.93. The Bertz CT molecular complexity index is 486. The third kappa shape index (κ3) is 2.28. The molecule has 2 aliphatic rings. The van der Waals surface area contributed by atoms with Gasteiger partial charge in [-0.25, -0.2) is 0 Å². The first-order valence-electron chi connectivity index (χ1n) is 7.47. The van der Waals surface area contributed by atoms with E-state index in [4.69, 9.17) is 0 Å². The van der Waals surface area contributed by atoms with Crippen molar-refractivity contribution < 1.29 is 4.79 Å². The average molecular weight is 261 g/mol. The lowest BCUT2D eigenvalue weighted by atomic mass is 10.1. The SMILES string of the molecule is CC(=O)N(Cc1nn(C)c2c1CCC2)C1CCCC1. The Morgan fingerprint density at radius 1 is 1.32 bits per heavy atom. The van der Waals surface area contributed by atoms with Crippen LogP contribution in [-0.4, -0.2) is 26.6 Å². The Balaban J connectivity index is 1.82. The van der Waals surface area contributed by atoms with E-state index in [-0.39, 0.29) is 5.91 Å². The van der Waals surface area contributed by atoms with Gasteiger partial charge in [0.2, 0.25) is 5.91 Å². The Morgan fingerprint density at radius 2 is 2.05 bits per heavy atom. The monoisotopic (exact) mass is 261 g/mol. The van der Waals surface area contributed by atoms with Crippen LogP contribution >= 0.6 is 0 Å². The zero-order valence-electron chi connectivity index (χ0n) is 12.0. The van der Waals surface area contributed by atoms with E-state index in [0.29, 0.717) is 12.6 Å². The van der Waals surface area contributed by atoms with Crippen molar-refractivity contribution in [3.05, 3.63) is 17.0 Å². The second kappa shape index (κ2) is 4.99. The van der Waals surface area contributed by atoms with E-state index >= 15 is 0 Å². The molecule has 1 amide bonds. The molecule has 0 atom stereocenters. The van der Waals surface area contributed by atoms with Gasteiger partial charge in [-0.3, -0.25) is 9.48 Å². The summed E-state index contributed by atoms with van der Waals surface area (Å²) in [6, 6.07) is 0.441. The number of rotatable bonds is 3. The van der Waals surface area contributed by atoms with E-state index in [1.807, 2.05) is 16.6 Å². The lowest BCUT2D eigenvalue weighted by Gasteiger charge is -2.27. The highest BCUT2D eigenvalue weighted by atomic mass is 16.2. The van der Waals surface area contributed by atoms with Crippen molar-refractivity contribution in [1.29, 1.82) is 0 Å². The minimum atomic E-state index is 0.198. The summed E-state index contributed by atoms with van der Waals surface area (Å²) >= 11 is 0. The fourth-order valence-electron chi connectivity index (χ4n) is 3.70. The standard InChI is InChI=1S/C15H23N3O/c1-11(19)18(12-6-3-4-7-12)10-14-13-8-5-9-15(13)17(2)16-14/h12H,3-10H2,1-2H3. The van der Waals surface area contributed by atoms with Crippen molar-refractivity contribution in [3.63, 3.8) is 0 Å². The maximum atomic E-state index is 11.9. The zero-order chi connectivity index (χ0) is 13.4. The molecule has 1 aromatic heterocycles. The van der Waals surface area contributed by atoms with Crippen LogP contribution in [0, 0.1) is 0 Å². The average Bonchev–Trinajstić information content (AvgIpc) is 3.05. The highest BCUT2D eigenvalue weighted by Crippen LogP contribution is 2.29. The summed E-state index contributed by atoms with van der Waals surface area (Å²) < 4.78 is 2.02. The predicted molar refractivity (Wildman–Crippen MR) is 73.7 cm³/mol. The first kappa shape index (κ1) is 12.7. The molecule has 4 heteroatoms. The first-order valence-corrected chi connectivity index (χ1v) is 7.47. The molecule has 0 saturated heterocycles. The van der Waals surface area contributed by atoms with Crippen LogP contribution in [0.5, 0.6) is 0 Å². The summed E-state index contributed by atoms with van der Waals surface area (Å²) in [5.74, 6) is 0.198. The van der Waals surface area contributed by atoms with E-state index in [1.54, 1.807) is 6.92 Å². The fraction of sp³-hybridized carbons (Fsp3) is 0.733. The number of aromatic nitrogens is 2.